The predicted molar refractivity (Wildman–Crippen MR) is 41.3 cm³/mol. The Hall–Kier alpha value is -0.880. The zero-order valence-corrected chi connectivity index (χ0v) is 6.88. The molecule has 3 heteroatoms. The molecule has 2 atom stereocenters. The van der Waals surface area contributed by atoms with Gasteiger partial charge in [0.25, 0.3) is 0 Å². The minimum atomic E-state index is -0.404. The van der Waals surface area contributed by atoms with Gasteiger partial charge in [-0.3, -0.25) is 4.79 Å². The van der Waals surface area contributed by atoms with Gasteiger partial charge < -0.3 is 4.74 Å². The molecule has 2 rings (SSSR count). The molecule has 0 N–H and O–H groups in total. The summed E-state index contributed by atoms with van der Waals surface area (Å²) in [6.07, 6.45) is 3.00. The normalized spacial score (nSPS) is 40.6. The molecule has 2 fully saturated rings. The van der Waals surface area contributed by atoms with Crippen molar-refractivity contribution in [1.29, 1.82) is 5.26 Å². The highest BCUT2D eigenvalue weighted by molar-refractivity contribution is 5.84. The lowest BCUT2D eigenvalue weighted by Gasteiger charge is -2.45. The number of hydrogen-bond acceptors (Lipinski definition) is 3. The minimum Gasteiger partial charge on any atom is -0.375 e. The van der Waals surface area contributed by atoms with E-state index in [4.69, 9.17) is 10.00 Å². The van der Waals surface area contributed by atoms with Gasteiger partial charge in [-0.1, -0.05) is 0 Å². The van der Waals surface area contributed by atoms with Crippen molar-refractivity contribution in [2.45, 2.75) is 31.3 Å². The summed E-state index contributed by atoms with van der Waals surface area (Å²) >= 11 is 0. The summed E-state index contributed by atoms with van der Waals surface area (Å²) in [7, 11) is 0. The molecule has 0 amide bonds. The first-order valence-corrected chi connectivity index (χ1v) is 4.32. The first-order chi connectivity index (χ1) is 5.76. The Balaban J connectivity index is 2.07. The number of hydrogen-bond donors (Lipinski definition) is 0. The van der Waals surface area contributed by atoms with Gasteiger partial charge in [0.05, 0.1) is 18.3 Å². The monoisotopic (exact) mass is 165 g/mol. The molecule has 1 saturated heterocycles. The van der Waals surface area contributed by atoms with E-state index < -0.39 is 5.92 Å². The van der Waals surface area contributed by atoms with E-state index in [2.05, 4.69) is 0 Å². The molecule has 0 aromatic heterocycles. The molecular weight excluding hydrogens is 154 g/mol. The predicted octanol–water partition coefficient (Wildman–Crippen LogP) is 1.04. The van der Waals surface area contributed by atoms with Crippen molar-refractivity contribution in [3.63, 3.8) is 0 Å². The highest BCUT2D eigenvalue weighted by atomic mass is 16.5. The Kier molecular flexibility index (Phi) is 1.66. The highest BCUT2D eigenvalue weighted by Crippen LogP contribution is 2.41. The van der Waals surface area contributed by atoms with E-state index in [-0.39, 0.29) is 11.4 Å². The van der Waals surface area contributed by atoms with Gasteiger partial charge in [-0.2, -0.15) is 5.26 Å². The van der Waals surface area contributed by atoms with Crippen LogP contribution in [0.1, 0.15) is 25.7 Å². The first-order valence-electron chi connectivity index (χ1n) is 4.32. The van der Waals surface area contributed by atoms with Crippen LogP contribution in [0.25, 0.3) is 0 Å². The van der Waals surface area contributed by atoms with E-state index in [9.17, 15) is 4.79 Å². The Morgan fingerprint density at radius 2 is 2.33 bits per heavy atom. The third-order valence-electron chi connectivity index (χ3n) is 2.91. The van der Waals surface area contributed by atoms with Crippen LogP contribution in [0.15, 0.2) is 0 Å². The maximum Gasteiger partial charge on any atom is 0.150 e. The van der Waals surface area contributed by atoms with Crippen LogP contribution >= 0.6 is 0 Å². The fourth-order valence-electron chi connectivity index (χ4n) is 1.98. The Morgan fingerprint density at radius 1 is 1.58 bits per heavy atom. The van der Waals surface area contributed by atoms with Crippen LogP contribution in [0, 0.1) is 17.2 Å². The summed E-state index contributed by atoms with van der Waals surface area (Å²) < 4.78 is 5.44. The molecular formula is C9H11NO2. The fourth-order valence-corrected chi connectivity index (χ4v) is 1.98. The molecule has 1 saturated carbocycles. The zero-order chi connectivity index (χ0) is 8.60. The molecule has 64 valence electrons. The third kappa shape index (κ3) is 1.03. The number of nitriles is 1. The van der Waals surface area contributed by atoms with E-state index in [1.807, 2.05) is 6.07 Å². The van der Waals surface area contributed by atoms with Crippen LogP contribution in [0.5, 0.6) is 0 Å². The SMILES string of the molecule is N#CC1CC2(CCO2)CCC1=O. The topological polar surface area (TPSA) is 50.1 Å². The van der Waals surface area contributed by atoms with Crippen LogP contribution in [-0.2, 0) is 9.53 Å². The molecule has 1 heterocycles. The third-order valence-corrected chi connectivity index (χ3v) is 2.91. The first kappa shape index (κ1) is 7.75. The second kappa shape index (κ2) is 2.56. The average molecular weight is 165 g/mol. The Labute approximate surface area is 71.3 Å². The largest absolute Gasteiger partial charge is 0.375 e. The van der Waals surface area contributed by atoms with Gasteiger partial charge in [0, 0.05) is 6.42 Å². The molecule has 3 nitrogen and oxygen atoms in total. The van der Waals surface area contributed by atoms with E-state index in [0.717, 1.165) is 19.4 Å². The molecule has 1 spiro atoms. The molecule has 12 heavy (non-hydrogen) atoms. The van der Waals surface area contributed by atoms with Crippen LogP contribution in [-0.4, -0.2) is 18.0 Å². The minimum absolute atomic E-state index is 0.0890. The lowest BCUT2D eigenvalue weighted by Crippen LogP contribution is -2.49. The fraction of sp³-hybridized carbons (Fsp3) is 0.778. The van der Waals surface area contributed by atoms with E-state index in [1.54, 1.807) is 0 Å². The maximum atomic E-state index is 11.2. The summed E-state index contributed by atoms with van der Waals surface area (Å²) in [5, 5.41) is 8.69. The second-order valence-corrected chi connectivity index (χ2v) is 3.63. The molecule has 2 aliphatic rings. The number of ketones is 1. The number of rotatable bonds is 0. The van der Waals surface area contributed by atoms with Crippen molar-refractivity contribution in [2.75, 3.05) is 6.61 Å². The molecule has 0 bridgehead atoms. The van der Waals surface area contributed by atoms with Crippen molar-refractivity contribution >= 4 is 5.78 Å². The summed E-state index contributed by atoms with van der Waals surface area (Å²) in [5.74, 6) is -0.308. The van der Waals surface area contributed by atoms with Crippen LogP contribution in [0.3, 0.4) is 0 Å². The second-order valence-electron chi connectivity index (χ2n) is 3.63. The molecule has 0 aromatic rings. The Bertz CT molecular complexity index is 250. The number of nitrogens with zero attached hydrogens (tertiary/aromatic N) is 1. The van der Waals surface area contributed by atoms with Crippen molar-refractivity contribution in [1.82, 2.24) is 0 Å². The summed E-state index contributed by atoms with van der Waals surface area (Å²) in [4.78, 5) is 11.2. The maximum absolute atomic E-state index is 11.2. The van der Waals surface area contributed by atoms with E-state index >= 15 is 0 Å². The zero-order valence-electron chi connectivity index (χ0n) is 6.88. The van der Waals surface area contributed by atoms with E-state index in [1.165, 1.54) is 0 Å². The average Bonchev–Trinajstić information content (AvgIpc) is 2.03. The molecule has 0 radical (unpaired) electrons. The van der Waals surface area contributed by atoms with Crippen LogP contribution < -0.4 is 0 Å². The number of Topliss-reactive ketones (excluding diaryl/α,β-unsaturated/α-hetero) is 1. The van der Waals surface area contributed by atoms with Gasteiger partial charge in [-0.05, 0) is 19.3 Å². The number of ether oxygens (including phenoxy) is 1. The van der Waals surface area contributed by atoms with Crippen molar-refractivity contribution in [2.24, 2.45) is 5.92 Å². The van der Waals surface area contributed by atoms with Crippen molar-refractivity contribution in [3.8, 4) is 6.07 Å². The number of carbonyl (C=O) groups is 1. The smallest absolute Gasteiger partial charge is 0.150 e. The lowest BCUT2D eigenvalue weighted by molar-refractivity contribution is -0.174. The quantitative estimate of drug-likeness (QED) is 0.538. The summed E-state index contributed by atoms with van der Waals surface area (Å²) in [6.45, 7) is 0.798. The van der Waals surface area contributed by atoms with Gasteiger partial charge in [-0.15, -0.1) is 0 Å². The summed E-state index contributed by atoms with van der Waals surface area (Å²) in [6, 6.07) is 2.05. The molecule has 1 aliphatic carbocycles. The van der Waals surface area contributed by atoms with Gasteiger partial charge in [0.2, 0.25) is 0 Å². The molecule has 0 aromatic carbocycles. The lowest BCUT2D eigenvalue weighted by atomic mass is 9.74. The van der Waals surface area contributed by atoms with Gasteiger partial charge >= 0.3 is 0 Å². The van der Waals surface area contributed by atoms with Crippen molar-refractivity contribution in [3.05, 3.63) is 0 Å². The van der Waals surface area contributed by atoms with Gasteiger partial charge in [-0.25, -0.2) is 0 Å². The Morgan fingerprint density at radius 3 is 2.83 bits per heavy atom. The molecule has 1 aliphatic heterocycles. The van der Waals surface area contributed by atoms with Gasteiger partial charge in [0.1, 0.15) is 11.7 Å². The molecule has 2 unspecified atom stereocenters. The highest BCUT2D eigenvalue weighted by Gasteiger charge is 2.45. The summed E-state index contributed by atoms with van der Waals surface area (Å²) in [5.41, 5.74) is -0.0890. The van der Waals surface area contributed by atoms with E-state index in [0.29, 0.717) is 12.8 Å². The number of carbonyl (C=O) groups excluding carboxylic acids is 1. The van der Waals surface area contributed by atoms with Crippen LogP contribution in [0.4, 0.5) is 0 Å². The van der Waals surface area contributed by atoms with Crippen LogP contribution in [0.2, 0.25) is 0 Å². The van der Waals surface area contributed by atoms with Gasteiger partial charge in [0.15, 0.2) is 0 Å². The van der Waals surface area contributed by atoms with Crippen molar-refractivity contribution < 1.29 is 9.53 Å². The standard InChI is InChI=1S/C9H11NO2/c10-6-7-5-9(3-4-12-9)2-1-8(7)11/h7H,1-5H2.